The van der Waals surface area contributed by atoms with Crippen molar-refractivity contribution in [2.45, 2.75) is 52.2 Å². The normalized spacial score (nSPS) is 23.1. The lowest BCUT2D eigenvalue weighted by Gasteiger charge is -2.45. The van der Waals surface area contributed by atoms with Gasteiger partial charge in [-0.3, -0.25) is 14.3 Å². The molecule has 1 N–H and O–H groups in total. The quantitative estimate of drug-likeness (QED) is 0.875. The fraction of sp³-hybridized carbons (Fsp3) is 0.714. The second-order valence-electron chi connectivity index (χ2n) is 6.12. The van der Waals surface area contributed by atoms with Gasteiger partial charge in [-0.05, 0) is 19.8 Å². The highest BCUT2D eigenvalue weighted by atomic mass is 16.2. The van der Waals surface area contributed by atoms with Gasteiger partial charge in [0.25, 0.3) is 0 Å². The molecule has 0 aliphatic carbocycles. The predicted molar refractivity (Wildman–Crippen MR) is 77.0 cm³/mol. The SMILES string of the molecule is CCC(C)C1NC(=O)C(C)(C)N(Cc2ncnn2C)C1=O. The summed E-state index contributed by atoms with van der Waals surface area (Å²) in [7, 11) is 1.77. The summed E-state index contributed by atoms with van der Waals surface area (Å²) in [6.45, 7) is 7.77. The number of carbonyl (C=O) groups is 2. The molecule has 0 aromatic carbocycles. The van der Waals surface area contributed by atoms with Gasteiger partial charge in [-0.25, -0.2) is 4.98 Å². The van der Waals surface area contributed by atoms with E-state index in [4.69, 9.17) is 0 Å². The smallest absolute Gasteiger partial charge is 0.246 e. The average molecular weight is 293 g/mol. The lowest BCUT2D eigenvalue weighted by molar-refractivity contribution is -0.157. The largest absolute Gasteiger partial charge is 0.342 e. The van der Waals surface area contributed by atoms with Gasteiger partial charge in [0.2, 0.25) is 11.8 Å². The van der Waals surface area contributed by atoms with E-state index in [0.717, 1.165) is 6.42 Å². The Morgan fingerprint density at radius 2 is 2.10 bits per heavy atom. The van der Waals surface area contributed by atoms with Crippen LogP contribution in [-0.2, 0) is 23.2 Å². The summed E-state index contributed by atoms with van der Waals surface area (Å²) in [4.78, 5) is 30.9. The summed E-state index contributed by atoms with van der Waals surface area (Å²) in [5, 5.41) is 6.87. The van der Waals surface area contributed by atoms with Crippen molar-refractivity contribution in [3.63, 3.8) is 0 Å². The zero-order chi connectivity index (χ0) is 15.8. The summed E-state index contributed by atoms with van der Waals surface area (Å²) >= 11 is 0. The van der Waals surface area contributed by atoms with Crippen molar-refractivity contribution in [2.75, 3.05) is 0 Å². The Balaban J connectivity index is 2.32. The molecule has 0 saturated carbocycles. The van der Waals surface area contributed by atoms with Crippen LogP contribution in [0.25, 0.3) is 0 Å². The first-order chi connectivity index (χ1) is 9.78. The van der Waals surface area contributed by atoms with E-state index < -0.39 is 11.6 Å². The predicted octanol–water partition coefficient (Wildman–Crippen LogP) is 0.467. The van der Waals surface area contributed by atoms with Crippen LogP contribution in [0.1, 0.15) is 39.9 Å². The number of piperazine rings is 1. The third kappa shape index (κ3) is 2.64. The molecular formula is C14H23N5O2. The first-order valence-electron chi connectivity index (χ1n) is 7.24. The van der Waals surface area contributed by atoms with Crippen molar-refractivity contribution in [3.05, 3.63) is 12.2 Å². The minimum Gasteiger partial charge on any atom is -0.342 e. The van der Waals surface area contributed by atoms with E-state index in [2.05, 4.69) is 15.4 Å². The van der Waals surface area contributed by atoms with Crippen LogP contribution in [0.3, 0.4) is 0 Å². The molecule has 0 bridgehead atoms. The van der Waals surface area contributed by atoms with Gasteiger partial charge in [-0.15, -0.1) is 0 Å². The third-order valence-corrected chi connectivity index (χ3v) is 4.37. The highest BCUT2D eigenvalue weighted by molar-refractivity contribution is 5.99. The molecule has 2 heterocycles. The Morgan fingerprint density at radius 1 is 1.43 bits per heavy atom. The number of aryl methyl sites for hydroxylation is 1. The maximum Gasteiger partial charge on any atom is 0.246 e. The Labute approximate surface area is 124 Å². The van der Waals surface area contributed by atoms with Gasteiger partial charge in [-0.1, -0.05) is 20.3 Å². The number of nitrogens with one attached hydrogen (secondary N) is 1. The molecule has 116 valence electrons. The average Bonchev–Trinajstić information content (AvgIpc) is 2.84. The van der Waals surface area contributed by atoms with E-state index in [0.29, 0.717) is 5.82 Å². The number of aromatic nitrogens is 3. The van der Waals surface area contributed by atoms with E-state index in [1.54, 1.807) is 30.5 Å². The Bertz CT molecular complexity index is 551. The molecule has 2 amide bonds. The molecule has 1 saturated heterocycles. The van der Waals surface area contributed by atoms with Gasteiger partial charge < -0.3 is 10.2 Å². The van der Waals surface area contributed by atoms with Gasteiger partial charge in [0.05, 0.1) is 6.54 Å². The van der Waals surface area contributed by atoms with Crippen molar-refractivity contribution in [1.29, 1.82) is 0 Å². The topological polar surface area (TPSA) is 80.1 Å². The van der Waals surface area contributed by atoms with Gasteiger partial charge >= 0.3 is 0 Å². The lowest BCUT2D eigenvalue weighted by Crippen LogP contribution is -2.69. The number of rotatable bonds is 4. The van der Waals surface area contributed by atoms with E-state index in [1.165, 1.54) is 6.33 Å². The molecule has 0 radical (unpaired) electrons. The molecule has 1 aliphatic heterocycles. The first kappa shape index (κ1) is 15.5. The van der Waals surface area contributed by atoms with E-state index >= 15 is 0 Å². The molecule has 1 aromatic rings. The fourth-order valence-corrected chi connectivity index (χ4v) is 2.45. The van der Waals surface area contributed by atoms with Crippen LogP contribution >= 0.6 is 0 Å². The van der Waals surface area contributed by atoms with Crippen molar-refractivity contribution < 1.29 is 9.59 Å². The number of nitrogens with zero attached hydrogens (tertiary/aromatic N) is 4. The van der Waals surface area contributed by atoms with E-state index in [9.17, 15) is 9.59 Å². The molecule has 7 nitrogen and oxygen atoms in total. The molecule has 0 spiro atoms. The van der Waals surface area contributed by atoms with Gasteiger partial charge in [0.15, 0.2) is 0 Å². The zero-order valence-electron chi connectivity index (χ0n) is 13.3. The maximum atomic E-state index is 12.8. The first-order valence-corrected chi connectivity index (χ1v) is 7.24. The molecular weight excluding hydrogens is 270 g/mol. The molecule has 1 aromatic heterocycles. The van der Waals surface area contributed by atoms with Crippen molar-refractivity contribution >= 4 is 11.8 Å². The van der Waals surface area contributed by atoms with E-state index in [-0.39, 0.29) is 24.3 Å². The molecule has 1 fully saturated rings. The van der Waals surface area contributed by atoms with Crippen molar-refractivity contribution in [3.8, 4) is 0 Å². The monoisotopic (exact) mass is 293 g/mol. The van der Waals surface area contributed by atoms with Crippen molar-refractivity contribution in [1.82, 2.24) is 25.0 Å². The Kier molecular flexibility index (Phi) is 4.02. The molecule has 2 atom stereocenters. The number of carbonyl (C=O) groups excluding carboxylic acids is 2. The standard InChI is InChI=1S/C14H23N5O2/c1-6-9(2)11-12(20)19(14(3,4)13(21)17-11)7-10-15-8-16-18(10)5/h8-9,11H,6-7H2,1-5H3,(H,17,21). The minimum absolute atomic E-state index is 0.0584. The molecule has 2 unspecified atom stereocenters. The van der Waals surface area contributed by atoms with Crippen LogP contribution in [0.4, 0.5) is 0 Å². The Hall–Kier alpha value is -1.92. The van der Waals surface area contributed by atoms with Gasteiger partial charge in [0, 0.05) is 7.05 Å². The molecule has 21 heavy (non-hydrogen) atoms. The third-order valence-electron chi connectivity index (χ3n) is 4.37. The highest BCUT2D eigenvalue weighted by Gasteiger charge is 2.47. The lowest BCUT2D eigenvalue weighted by atomic mass is 9.89. The van der Waals surface area contributed by atoms with Crippen LogP contribution in [-0.4, -0.2) is 43.1 Å². The summed E-state index contributed by atoms with van der Waals surface area (Å²) in [5.74, 6) is 0.570. The minimum atomic E-state index is -0.896. The molecule has 7 heteroatoms. The number of hydrogen-bond acceptors (Lipinski definition) is 4. The number of amides is 2. The van der Waals surface area contributed by atoms with Crippen LogP contribution in [0, 0.1) is 5.92 Å². The molecule has 1 aliphatic rings. The second kappa shape index (κ2) is 5.46. The van der Waals surface area contributed by atoms with E-state index in [1.807, 2.05) is 13.8 Å². The van der Waals surface area contributed by atoms with Gasteiger partial charge in [0.1, 0.15) is 23.7 Å². The zero-order valence-corrected chi connectivity index (χ0v) is 13.3. The van der Waals surface area contributed by atoms with Crippen LogP contribution in [0.5, 0.6) is 0 Å². The van der Waals surface area contributed by atoms with Crippen LogP contribution in [0.2, 0.25) is 0 Å². The highest BCUT2D eigenvalue weighted by Crippen LogP contribution is 2.26. The number of hydrogen-bond donors (Lipinski definition) is 1. The maximum absolute atomic E-state index is 12.8. The summed E-state index contributed by atoms with van der Waals surface area (Å²) in [6.07, 6.45) is 2.28. The van der Waals surface area contributed by atoms with Crippen molar-refractivity contribution in [2.24, 2.45) is 13.0 Å². The molecule has 2 rings (SSSR count). The van der Waals surface area contributed by atoms with Crippen LogP contribution < -0.4 is 5.32 Å². The second-order valence-corrected chi connectivity index (χ2v) is 6.12. The summed E-state index contributed by atoms with van der Waals surface area (Å²) in [5.41, 5.74) is -0.896. The summed E-state index contributed by atoms with van der Waals surface area (Å²) < 4.78 is 1.62. The summed E-state index contributed by atoms with van der Waals surface area (Å²) in [6, 6.07) is -0.469. The van der Waals surface area contributed by atoms with Crippen LogP contribution in [0.15, 0.2) is 6.33 Å². The Morgan fingerprint density at radius 3 is 2.62 bits per heavy atom. The van der Waals surface area contributed by atoms with Gasteiger partial charge in [-0.2, -0.15) is 5.10 Å². The fourth-order valence-electron chi connectivity index (χ4n) is 2.45.